The Morgan fingerprint density at radius 3 is 2.69 bits per heavy atom. The Balaban J connectivity index is 1.86. The molecule has 0 aromatic carbocycles. The summed E-state index contributed by atoms with van der Waals surface area (Å²) in [6.07, 6.45) is 3.03. The lowest BCUT2D eigenvalue weighted by molar-refractivity contribution is -0.128. The molecule has 0 saturated carbocycles. The zero-order valence-electron chi connectivity index (χ0n) is 14.2. The van der Waals surface area contributed by atoms with Gasteiger partial charge in [0.15, 0.2) is 10.2 Å². The summed E-state index contributed by atoms with van der Waals surface area (Å²) in [5.41, 5.74) is -0.0177. The number of nitrogens with one attached hydrogen (secondary N) is 1. The van der Waals surface area contributed by atoms with Crippen LogP contribution in [0.25, 0.3) is 6.08 Å². The zero-order valence-corrected chi connectivity index (χ0v) is 16.6. The average molecular weight is 412 g/mol. The van der Waals surface area contributed by atoms with Crippen molar-refractivity contribution in [2.75, 3.05) is 44.7 Å². The fourth-order valence-corrected chi connectivity index (χ4v) is 4.15. The number of likely N-dealkylation sites (N-methyl/N-ethyl adjacent to an activating group) is 1. The van der Waals surface area contributed by atoms with Gasteiger partial charge in [-0.25, -0.2) is 4.98 Å². The second kappa shape index (κ2) is 7.83. The molecular weight excluding hydrogens is 394 g/mol. The summed E-state index contributed by atoms with van der Waals surface area (Å²) in [4.78, 5) is 35.4. The predicted octanol–water partition coefficient (Wildman–Crippen LogP) is 1.36. The molecule has 1 aromatic rings. The number of nitrogens with zero attached hydrogens (tertiary/aromatic N) is 4. The van der Waals surface area contributed by atoms with Crippen molar-refractivity contribution < 1.29 is 9.59 Å². The first-order chi connectivity index (χ1) is 12.4. The molecule has 2 aliphatic heterocycles. The molecule has 2 saturated heterocycles. The monoisotopic (exact) mass is 411 g/mol. The maximum atomic E-state index is 12.6. The van der Waals surface area contributed by atoms with Gasteiger partial charge in [0, 0.05) is 32.7 Å². The van der Waals surface area contributed by atoms with Gasteiger partial charge in [0.2, 0.25) is 0 Å². The Labute approximate surface area is 165 Å². The van der Waals surface area contributed by atoms with Crippen LogP contribution in [0.1, 0.15) is 4.88 Å². The minimum Gasteiger partial charge on any atom is -0.345 e. The SMILES string of the molecule is C=CCN1C(=O)/C(=C/c2sc(N3CCN(C)CC3)nc2Cl)C(=O)NC1=S. The van der Waals surface area contributed by atoms with Crippen LogP contribution in [0.3, 0.4) is 0 Å². The van der Waals surface area contributed by atoms with E-state index in [4.69, 9.17) is 23.8 Å². The van der Waals surface area contributed by atoms with Crippen LogP contribution in [0.5, 0.6) is 0 Å². The van der Waals surface area contributed by atoms with E-state index in [-0.39, 0.29) is 22.4 Å². The molecular formula is C16H18ClN5O2S2. The summed E-state index contributed by atoms with van der Waals surface area (Å²) < 4.78 is 0. The molecule has 26 heavy (non-hydrogen) atoms. The first-order valence-electron chi connectivity index (χ1n) is 8.00. The second-order valence-electron chi connectivity index (χ2n) is 5.96. The summed E-state index contributed by atoms with van der Waals surface area (Å²) in [7, 11) is 2.08. The number of anilines is 1. The van der Waals surface area contributed by atoms with E-state index in [1.54, 1.807) is 6.08 Å². The first-order valence-corrected chi connectivity index (χ1v) is 9.60. The highest BCUT2D eigenvalue weighted by molar-refractivity contribution is 7.80. The van der Waals surface area contributed by atoms with E-state index in [9.17, 15) is 9.59 Å². The largest absolute Gasteiger partial charge is 0.345 e. The minimum atomic E-state index is -0.536. The van der Waals surface area contributed by atoms with Gasteiger partial charge in [-0.1, -0.05) is 29.0 Å². The number of amides is 2. The molecule has 0 aliphatic carbocycles. The van der Waals surface area contributed by atoms with E-state index in [1.807, 2.05) is 0 Å². The molecule has 2 aliphatic rings. The molecule has 138 valence electrons. The number of piperazine rings is 1. The fourth-order valence-electron chi connectivity index (χ4n) is 2.64. The van der Waals surface area contributed by atoms with Gasteiger partial charge in [0.1, 0.15) is 10.7 Å². The molecule has 2 fully saturated rings. The van der Waals surface area contributed by atoms with Gasteiger partial charge in [0.05, 0.1) is 4.88 Å². The van der Waals surface area contributed by atoms with Crippen molar-refractivity contribution in [3.63, 3.8) is 0 Å². The van der Waals surface area contributed by atoms with E-state index >= 15 is 0 Å². The fraction of sp³-hybridized carbons (Fsp3) is 0.375. The summed E-state index contributed by atoms with van der Waals surface area (Å²) in [5.74, 6) is -1.00. The van der Waals surface area contributed by atoms with E-state index < -0.39 is 11.8 Å². The smallest absolute Gasteiger partial charge is 0.265 e. The highest BCUT2D eigenvalue weighted by atomic mass is 35.5. The van der Waals surface area contributed by atoms with Gasteiger partial charge in [0.25, 0.3) is 11.8 Å². The van der Waals surface area contributed by atoms with Gasteiger partial charge in [-0.15, -0.1) is 6.58 Å². The van der Waals surface area contributed by atoms with Crippen LogP contribution < -0.4 is 10.2 Å². The highest BCUT2D eigenvalue weighted by Gasteiger charge is 2.33. The number of carbonyl (C=O) groups is 2. The van der Waals surface area contributed by atoms with Crippen LogP contribution in [0, 0.1) is 0 Å². The Morgan fingerprint density at radius 1 is 1.35 bits per heavy atom. The molecule has 1 aromatic heterocycles. The summed E-state index contributed by atoms with van der Waals surface area (Å²) in [5, 5.41) is 3.66. The van der Waals surface area contributed by atoms with E-state index in [2.05, 4.69) is 33.7 Å². The van der Waals surface area contributed by atoms with Gasteiger partial charge in [-0.3, -0.25) is 19.8 Å². The van der Waals surface area contributed by atoms with Gasteiger partial charge >= 0.3 is 0 Å². The van der Waals surface area contributed by atoms with Gasteiger partial charge < -0.3 is 9.80 Å². The number of halogens is 1. The Morgan fingerprint density at radius 2 is 2.04 bits per heavy atom. The van der Waals surface area contributed by atoms with Crippen molar-refractivity contribution in [1.82, 2.24) is 20.1 Å². The average Bonchev–Trinajstić information content (AvgIpc) is 2.96. The van der Waals surface area contributed by atoms with Crippen molar-refractivity contribution in [3.8, 4) is 0 Å². The van der Waals surface area contributed by atoms with Gasteiger partial charge in [-0.2, -0.15) is 0 Å². The number of thiocarbonyl (C=S) groups is 1. The summed E-state index contributed by atoms with van der Waals surface area (Å²) >= 11 is 12.7. The van der Waals surface area contributed by atoms with Crippen molar-refractivity contribution in [1.29, 1.82) is 0 Å². The molecule has 0 unspecified atom stereocenters. The van der Waals surface area contributed by atoms with Crippen LogP contribution in [0.4, 0.5) is 5.13 Å². The first kappa shape index (κ1) is 19.0. The van der Waals surface area contributed by atoms with Crippen molar-refractivity contribution >= 4 is 63.3 Å². The molecule has 2 amide bonds. The number of thiazole rings is 1. The normalized spacial score (nSPS) is 20.7. The highest BCUT2D eigenvalue weighted by Crippen LogP contribution is 2.32. The van der Waals surface area contributed by atoms with E-state index in [0.29, 0.717) is 4.88 Å². The third-order valence-corrected chi connectivity index (χ3v) is 5.93. The maximum absolute atomic E-state index is 12.6. The molecule has 3 rings (SSSR count). The van der Waals surface area contributed by atoms with Crippen LogP contribution in [0.2, 0.25) is 5.15 Å². The van der Waals surface area contributed by atoms with Crippen LogP contribution >= 0.6 is 35.2 Å². The standard InChI is InChI=1S/C16H18ClN5O2S2/c1-3-4-22-14(24)10(13(23)19-15(22)25)9-11-12(17)18-16(26-11)21-7-5-20(2)6-8-21/h3,9H,1,4-8H2,2H3,(H,19,23,25)/b10-9+. The van der Waals surface area contributed by atoms with Crippen LogP contribution in [0.15, 0.2) is 18.2 Å². The molecule has 7 nitrogen and oxygen atoms in total. The predicted molar refractivity (Wildman–Crippen MR) is 107 cm³/mol. The van der Waals surface area contributed by atoms with Gasteiger partial charge in [-0.05, 0) is 25.3 Å². The molecule has 3 heterocycles. The number of hydrogen-bond acceptors (Lipinski definition) is 7. The molecule has 0 radical (unpaired) electrons. The zero-order chi connectivity index (χ0) is 18.8. The minimum absolute atomic E-state index is 0.0177. The van der Waals surface area contributed by atoms with Crippen LogP contribution in [-0.4, -0.2) is 71.5 Å². The number of hydrogen-bond donors (Lipinski definition) is 1. The molecule has 0 spiro atoms. The quantitative estimate of drug-likeness (QED) is 0.349. The van der Waals surface area contributed by atoms with E-state index in [1.165, 1.54) is 22.3 Å². The summed E-state index contributed by atoms with van der Waals surface area (Å²) in [6, 6.07) is 0. The van der Waals surface area contributed by atoms with Crippen molar-refractivity contribution in [2.45, 2.75) is 0 Å². The second-order valence-corrected chi connectivity index (χ2v) is 7.72. The molecule has 10 heteroatoms. The summed E-state index contributed by atoms with van der Waals surface area (Å²) in [6.45, 7) is 7.43. The number of carbonyl (C=O) groups excluding carboxylic acids is 2. The lowest BCUT2D eigenvalue weighted by Crippen LogP contribution is -2.53. The third kappa shape index (κ3) is 3.80. The number of rotatable bonds is 4. The Hall–Kier alpha value is -1.81. The topological polar surface area (TPSA) is 68.8 Å². The Kier molecular flexibility index (Phi) is 5.71. The number of aromatic nitrogens is 1. The van der Waals surface area contributed by atoms with Crippen LogP contribution in [-0.2, 0) is 9.59 Å². The molecule has 0 atom stereocenters. The van der Waals surface area contributed by atoms with Crippen molar-refractivity contribution in [2.24, 2.45) is 0 Å². The lowest BCUT2D eigenvalue weighted by Gasteiger charge is -2.32. The molecule has 1 N–H and O–H groups in total. The third-order valence-electron chi connectivity index (χ3n) is 4.15. The van der Waals surface area contributed by atoms with E-state index in [0.717, 1.165) is 31.3 Å². The van der Waals surface area contributed by atoms with Crippen molar-refractivity contribution in [3.05, 3.63) is 28.3 Å². The maximum Gasteiger partial charge on any atom is 0.265 e. The Bertz CT molecular complexity index is 799. The lowest BCUT2D eigenvalue weighted by atomic mass is 10.1. The molecule has 0 bridgehead atoms.